The highest BCUT2D eigenvalue weighted by molar-refractivity contribution is 7.92. The van der Waals surface area contributed by atoms with E-state index in [1.165, 1.54) is 22.7 Å². The lowest BCUT2D eigenvalue weighted by Crippen LogP contribution is -2.32. The summed E-state index contributed by atoms with van der Waals surface area (Å²) in [5, 5.41) is 12.1. The van der Waals surface area contributed by atoms with Crippen LogP contribution in [0.15, 0.2) is 48.5 Å². The molecule has 1 atom stereocenters. The largest absolute Gasteiger partial charge is 0.481 e. The number of aromatic nitrogens is 2. The molecule has 10 heteroatoms. The zero-order chi connectivity index (χ0) is 22.6. The molecule has 8 nitrogen and oxygen atoms in total. The Balaban J connectivity index is 1.65. The fourth-order valence-corrected chi connectivity index (χ4v) is 3.94. The SMILES string of the molecule is CC[C@@H](Oc1ccc(N(C)S(C)(=O)=O)cc1)C(=O)Nc1nnc(-c2ccc(C)cc2)s1. The number of nitrogens with zero attached hydrogens (tertiary/aromatic N) is 3. The first-order valence-corrected chi connectivity index (χ1v) is 12.3. The fourth-order valence-electron chi connectivity index (χ4n) is 2.69. The Morgan fingerprint density at radius 1 is 1.13 bits per heavy atom. The third-order valence-corrected chi connectivity index (χ3v) is 6.69. The highest BCUT2D eigenvalue weighted by Crippen LogP contribution is 2.27. The molecule has 164 valence electrons. The summed E-state index contributed by atoms with van der Waals surface area (Å²) >= 11 is 1.29. The van der Waals surface area contributed by atoms with E-state index in [0.717, 1.165) is 22.4 Å². The van der Waals surface area contributed by atoms with Crippen LogP contribution in [0.3, 0.4) is 0 Å². The average Bonchev–Trinajstić information content (AvgIpc) is 3.20. The van der Waals surface area contributed by atoms with Crippen molar-refractivity contribution in [3.05, 3.63) is 54.1 Å². The molecule has 1 aromatic heterocycles. The third-order valence-electron chi connectivity index (χ3n) is 4.59. The maximum atomic E-state index is 12.7. The van der Waals surface area contributed by atoms with Crippen molar-refractivity contribution in [2.75, 3.05) is 22.9 Å². The number of aryl methyl sites for hydroxylation is 1. The highest BCUT2D eigenvalue weighted by Gasteiger charge is 2.21. The van der Waals surface area contributed by atoms with Gasteiger partial charge in [0.25, 0.3) is 5.91 Å². The van der Waals surface area contributed by atoms with Crippen molar-refractivity contribution in [3.8, 4) is 16.3 Å². The molecule has 0 aliphatic heterocycles. The summed E-state index contributed by atoms with van der Waals surface area (Å²) in [5.74, 6) is 0.136. The lowest BCUT2D eigenvalue weighted by Gasteiger charge is -2.19. The van der Waals surface area contributed by atoms with Gasteiger partial charge in [-0.3, -0.25) is 14.4 Å². The van der Waals surface area contributed by atoms with Crippen LogP contribution in [-0.4, -0.2) is 43.9 Å². The number of anilines is 2. The predicted octanol–water partition coefficient (Wildman–Crippen LogP) is 3.71. The molecule has 0 unspecified atom stereocenters. The maximum absolute atomic E-state index is 12.7. The van der Waals surface area contributed by atoms with Crippen molar-refractivity contribution in [2.24, 2.45) is 0 Å². The summed E-state index contributed by atoms with van der Waals surface area (Å²) in [6.07, 6.45) is 0.845. The molecule has 1 heterocycles. The lowest BCUT2D eigenvalue weighted by molar-refractivity contribution is -0.122. The van der Waals surface area contributed by atoms with Gasteiger partial charge in [-0.05, 0) is 37.6 Å². The van der Waals surface area contributed by atoms with E-state index >= 15 is 0 Å². The normalized spacial score (nSPS) is 12.3. The molecule has 0 saturated heterocycles. The van der Waals surface area contributed by atoms with Gasteiger partial charge in [-0.15, -0.1) is 10.2 Å². The number of hydrogen-bond acceptors (Lipinski definition) is 7. The van der Waals surface area contributed by atoms with Crippen molar-refractivity contribution in [2.45, 2.75) is 26.4 Å². The van der Waals surface area contributed by atoms with Gasteiger partial charge in [0.05, 0.1) is 11.9 Å². The Morgan fingerprint density at radius 3 is 2.35 bits per heavy atom. The molecule has 0 spiro atoms. The number of ether oxygens (including phenoxy) is 1. The first-order valence-electron chi connectivity index (χ1n) is 9.59. The first kappa shape index (κ1) is 22.7. The summed E-state index contributed by atoms with van der Waals surface area (Å²) in [6, 6.07) is 14.4. The van der Waals surface area contributed by atoms with Gasteiger partial charge in [0.2, 0.25) is 15.2 Å². The monoisotopic (exact) mass is 460 g/mol. The molecule has 0 aliphatic rings. The first-order chi connectivity index (χ1) is 14.7. The molecule has 1 N–H and O–H groups in total. The van der Waals surface area contributed by atoms with E-state index in [-0.39, 0.29) is 5.91 Å². The molecule has 31 heavy (non-hydrogen) atoms. The minimum atomic E-state index is -3.35. The van der Waals surface area contributed by atoms with E-state index in [9.17, 15) is 13.2 Å². The van der Waals surface area contributed by atoms with Gasteiger partial charge < -0.3 is 4.74 Å². The number of amides is 1. The topological polar surface area (TPSA) is 101 Å². The Labute approximate surface area is 185 Å². The molecule has 3 aromatic rings. The summed E-state index contributed by atoms with van der Waals surface area (Å²) in [5.41, 5.74) is 2.59. The maximum Gasteiger partial charge on any atom is 0.267 e. The van der Waals surface area contributed by atoms with Gasteiger partial charge >= 0.3 is 0 Å². The zero-order valence-electron chi connectivity index (χ0n) is 17.7. The second-order valence-electron chi connectivity index (χ2n) is 7.01. The summed E-state index contributed by atoms with van der Waals surface area (Å²) < 4.78 is 30.3. The summed E-state index contributed by atoms with van der Waals surface area (Å²) in [6.45, 7) is 3.85. The number of carbonyl (C=O) groups excluding carboxylic acids is 1. The number of nitrogens with one attached hydrogen (secondary N) is 1. The number of sulfonamides is 1. The van der Waals surface area contributed by atoms with Crippen LogP contribution >= 0.6 is 11.3 Å². The minimum absolute atomic E-state index is 0.327. The van der Waals surface area contributed by atoms with Gasteiger partial charge in [-0.25, -0.2) is 8.42 Å². The summed E-state index contributed by atoms with van der Waals surface area (Å²) in [4.78, 5) is 12.7. The van der Waals surface area contributed by atoms with Crippen molar-refractivity contribution in [3.63, 3.8) is 0 Å². The van der Waals surface area contributed by atoms with Crippen molar-refractivity contribution in [1.82, 2.24) is 10.2 Å². The van der Waals surface area contributed by atoms with Gasteiger partial charge in [-0.2, -0.15) is 0 Å². The van der Waals surface area contributed by atoms with Crippen LogP contribution in [0.5, 0.6) is 5.75 Å². The molecular formula is C21H24N4O4S2. The Kier molecular flexibility index (Phi) is 6.91. The number of carbonyl (C=O) groups is 1. The third kappa shape index (κ3) is 5.80. The van der Waals surface area contributed by atoms with E-state index in [1.54, 1.807) is 24.3 Å². The quantitative estimate of drug-likeness (QED) is 0.550. The smallest absolute Gasteiger partial charge is 0.267 e. The number of rotatable bonds is 8. The molecule has 0 aliphatic carbocycles. The van der Waals surface area contributed by atoms with Crippen LogP contribution in [0.4, 0.5) is 10.8 Å². The molecule has 0 radical (unpaired) electrons. The molecule has 3 rings (SSSR count). The van der Waals surface area contributed by atoms with Gasteiger partial charge in [-0.1, -0.05) is 48.1 Å². The van der Waals surface area contributed by atoms with E-state index in [0.29, 0.717) is 23.0 Å². The van der Waals surface area contributed by atoms with E-state index < -0.39 is 16.1 Å². The molecular weight excluding hydrogens is 436 g/mol. The molecule has 0 saturated carbocycles. The van der Waals surface area contributed by atoms with Gasteiger partial charge in [0, 0.05) is 12.6 Å². The van der Waals surface area contributed by atoms with Crippen LogP contribution in [-0.2, 0) is 14.8 Å². The number of benzene rings is 2. The van der Waals surface area contributed by atoms with Crippen LogP contribution in [0.2, 0.25) is 0 Å². The Hall–Kier alpha value is -2.98. The van der Waals surface area contributed by atoms with Crippen molar-refractivity contribution in [1.29, 1.82) is 0 Å². The summed E-state index contributed by atoms with van der Waals surface area (Å²) in [7, 11) is -1.88. The van der Waals surface area contributed by atoms with Crippen LogP contribution < -0.4 is 14.4 Å². The molecule has 0 fully saturated rings. The van der Waals surface area contributed by atoms with Crippen molar-refractivity contribution < 1.29 is 17.9 Å². The highest BCUT2D eigenvalue weighted by atomic mass is 32.2. The Morgan fingerprint density at radius 2 is 1.77 bits per heavy atom. The predicted molar refractivity (Wildman–Crippen MR) is 123 cm³/mol. The van der Waals surface area contributed by atoms with Crippen LogP contribution in [0.25, 0.3) is 10.6 Å². The molecule has 2 aromatic carbocycles. The fraction of sp³-hybridized carbons (Fsp3) is 0.286. The second-order valence-corrected chi connectivity index (χ2v) is 10.00. The zero-order valence-corrected chi connectivity index (χ0v) is 19.3. The van der Waals surface area contributed by atoms with Crippen molar-refractivity contribution >= 4 is 38.1 Å². The van der Waals surface area contributed by atoms with E-state index in [4.69, 9.17) is 4.74 Å². The Bertz CT molecular complexity index is 1140. The standard InChI is InChI=1S/C21H24N4O4S2/c1-5-18(29-17-12-10-16(11-13-17)25(3)31(4,27)28)19(26)22-21-24-23-20(30-21)15-8-6-14(2)7-9-15/h6-13,18H,5H2,1-4H3,(H,22,24,26)/t18-/m1/s1. The molecule has 1 amide bonds. The van der Waals surface area contributed by atoms with E-state index in [2.05, 4.69) is 15.5 Å². The average molecular weight is 461 g/mol. The van der Waals surface area contributed by atoms with Gasteiger partial charge in [0.15, 0.2) is 6.10 Å². The lowest BCUT2D eigenvalue weighted by atomic mass is 10.2. The van der Waals surface area contributed by atoms with E-state index in [1.807, 2.05) is 38.1 Å². The van der Waals surface area contributed by atoms with Crippen LogP contribution in [0.1, 0.15) is 18.9 Å². The number of hydrogen-bond donors (Lipinski definition) is 1. The minimum Gasteiger partial charge on any atom is -0.481 e. The van der Waals surface area contributed by atoms with Gasteiger partial charge in [0.1, 0.15) is 10.8 Å². The molecule has 0 bridgehead atoms. The van der Waals surface area contributed by atoms with Crippen LogP contribution in [0, 0.1) is 6.92 Å². The second kappa shape index (κ2) is 9.44.